The molecule has 2 rings (SSSR count). The summed E-state index contributed by atoms with van der Waals surface area (Å²) < 4.78 is 5.41. The average molecular weight is 425 g/mol. The van der Waals surface area contributed by atoms with Crippen molar-refractivity contribution in [3.63, 3.8) is 0 Å². The van der Waals surface area contributed by atoms with E-state index in [1.807, 2.05) is 20.8 Å². The molecule has 2 aromatic carbocycles. The molecule has 2 aromatic rings. The van der Waals surface area contributed by atoms with Crippen molar-refractivity contribution in [1.82, 2.24) is 0 Å². The number of phenols is 2. The molecule has 0 heterocycles. The van der Waals surface area contributed by atoms with E-state index in [-0.39, 0.29) is 28.9 Å². The van der Waals surface area contributed by atoms with E-state index in [1.165, 1.54) is 12.1 Å². The van der Waals surface area contributed by atoms with Crippen molar-refractivity contribution >= 4 is 17.8 Å². The van der Waals surface area contributed by atoms with E-state index in [1.54, 1.807) is 64.1 Å². The van der Waals surface area contributed by atoms with Crippen molar-refractivity contribution < 1.29 is 24.5 Å². The number of hydrogen-bond donors (Lipinski definition) is 2. The Morgan fingerprint density at radius 1 is 0.968 bits per heavy atom. The molecule has 5 heteroatoms. The lowest BCUT2D eigenvalue weighted by molar-refractivity contribution is -0.153. The van der Waals surface area contributed by atoms with Crippen LogP contribution in [0.1, 0.15) is 75.5 Å². The van der Waals surface area contributed by atoms with Gasteiger partial charge in [-0.3, -0.25) is 9.59 Å². The van der Waals surface area contributed by atoms with Crippen LogP contribution in [0.3, 0.4) is 0 Å². The summed E-state index contributed by atoms with van der Waals surface area (Å²) in [6.45, 7) is 12.9. The summed E-state index contributed by atoms with van der Waals surface area (Å²) in [5.41, 5.74) is 0.453. The van der Waals surface area contributed by atoms with Crippen LogP contribution in [0.15, 0.2) is 42.5 Å². The fraction of sp³-hybridized carbons (Fsp3) is 0.385. The zero-order chi connectivity index (χ0) is 23.6. The van der Waals surface area contributed by atoms with Gasteiger partial charge < -0.3 is 14.9 Å². The first-order valence-electron chi connectivity index (χ1n) is 10.3. The Bertz CT molecular complexity index is 1010. The van der Waals surface area contributed by atoms with Crippen LogP contribution in [-0.4, -0.2) is 28.1 Å². The third-order valence-corrected chi connectivity index (χ3v) is 5.06. The van der Waals surface area contributed by atoms with Crippen LogP contribution in [0.2, 0.25) is 0 Å². The normalized spacial score (nSPS) is 12.4. The first kappa shape index (κ1) is 24.2. The van der Waals surface area contributed by atoms with Crippen molar-refractivity contribution in [2.45, 2.75) is 65.4 Å². The molecule has 5 nitrogen and oxygen atoms in total. The minimum Gasteiger partial charge on any atom is -0.507 e. The molecule has 0 radical (unpaired) electrons. The van der Waals surface area contributed by atoms with Crippen LogP contribution < -0.4 is 0 Å². The van der Waals surface area contributed by atoms with Gasteiger partial charge in [0, 0.05) is 11.1 Å². The number of phenolic OH excluding ortho intramolecular Hbond substituents is 2. The number of aromatic hydroxyl groups is 2. The SMILES string of the molecule is CC(C)OC(=O)C(C)(C)c1cc(/C=C/C(=O)c2ccccc2O)cc(C(C)(C)C)c1O. The molecule has 0 saturated carbocycles. The van der Waals surface area contributed by atoms with E-state index < -0.39 is 16.8 Å². The largest absolute Gasteiger partial charge is 0.507 e. The van der Waals surface area contributed by atoms with Crippen molar-refractivity contribution in [2.75, 3.05) is 0 Å². The van der Waals surface area contributed by atoms with Gasteiger partial charge in [-0.05, 0) is 69.0 Å². The molecule has 0 aromatic heterocycles. The molecule has 0 bridgehead atoms. The maximum atomic E-state index is 12.8. The van der Waals surface area contributed by atoms with E-state index in [9.17, 15) is 19.8 Å². The second-order valence-corrected chi connectivity index (χ2v) is 9.51. The number of ether oxygens (including phenoxy) is 1. The summed E-state index contributed by atoms with van der Waals surface area (Å²) in [6.07, 6.45) is 2.71. The standard InChI is InChI=1S/C26H32O5/c1-16(2)31-24(30)26(6,7)20-15-17(14-19(23(20)29)25(3,4)5)12-13-22(28)18-10-8-9-11-21(18)27/h8-16,27,29H,1-7H3/b13-12+. The molecule has 0 spiro atoms. The van der Waals surface area contributed by atoms with Gasteiger partial charge in [0.1, 0.15) is 11.5 Å². The molecule has 0 saturated heterocycles. The highest BCUT2D eigenvalue weighted by Gasteiger charge is 2.36. The van der Waals surface area contributed by atoms with Crippen LogP contribution in [0, 0.1) is 0 Å². The number of para-hydroxylation sites is 1. The number of allylic oxidation sites excluding steroid dienone is 1. The van der Waals surface area contributed by atoms with E-state index in [0.717, 1.165) is 0 Å². The van der Waals surface area contributed by atoms with E-state index >= 15 is 0 Å². The monoisotopic (exact) mass is 424 g/mol. The lowest BCUT2D eigenvalue weighted by Gasteiger charge is -2.29. The Hall–Kier alpha value is -3.08. The quantitative estimate of drug-likeness (QED) is 0.362. The Kier molecular flexibility index (Phi) is 6.99. The lowest BCUT2D eigenvalue weighted by atomic mass is 9.77. The summed E-state index contributed by atoms with van der Waals surface area (Å²) in [5.74, 6) is -0.827. The number of esters is 1. The van der Waals surface area contributed by atoms with Gasteiger partial charge in [-0.2, -0.15) is 0 Å². The zero-order valence-electron chi connectivity index (χ0n) is 19.3. The number of benzene rings is 2. The van der Waals surface area contributed by atoms with E-state index in [0.29, 0.717) is 16.7 Å². The smallest absolute Gasteiger partial charge is 0.316 e. The van der Waals surface area contributed by atoms with Crippen LogP contribution in [0.4, 0.5) is 0 Å². The van der Waals surface area contributed by atoms with Gasteiger partial charge in [0.2, 0.25) is 0 Å². The Balaban J connectivity index is 2.56. The van der Waals surface area contributed by atoms with Crippen LogP contribution in [0.25, 0.3) is 6.08 Å². The molecule has 0 amide bonds. The Morgan fingerprint density at radius 2 is 1.55 bits per heavy atom. The topological polar surface area (TPSA) is 83.8 Å². The summed E-state index contributed by atoms with van der Waals surface area (Å²) >= 11 is 0. The van der Waals surface area contributed by atoms with Crippen LogP contribution in [0.5, 0.6) is 11.5 Å². The highest BCUT2D eigenvalue weighted by atomic mass is 16.5. The first-order valence-corrected chi connectivity index (χ1v) is 10.3. The Labute approximate surface area is 184 Å². The highest BCUT2D eigenvalue weighted by molar-refractivity contribution is 6.08. The Morgan fingerprint density at radius 3 is 2.10 bits per heavy atom. The molecule has 0 atom stereocenters. The molecule has 0 unspecified atom stereocenters. The average Bonchev–Trinajstić information content (AvgIpc) is 2.65. The number of rotatable bonds is 6. The van der Waals surface area contributed by atoms with Gasteiger partial charge in [0.15, 0.2) is 5.78 Å². The summed E-state index contributed by atoms with van der Waals surface area (Å²) in [7, 11) is 0. The van der Waals surface area contributed by atoms with Crippen LogP contribution >= 0.6 is 0 Å². The molecule has 0 aliphatic heterocycles. The maximum Gasteiger partial charge on any atom is 0.316 e. The molecule has 31 heavy (non-hydrogen) atoms. The minimum absolute atomic E-state index is 0.0439. The maximum absolute atomic E-state index is 12.8. The summed E-state index contributed by atoms with van der Waals surface area (Å²) in [6, 6.07) is 9.84. The third kappa shape index (κ3) is 5.54. The van der Waals surface area contributed by atoms with Gasteiger partial charge in [0.05, 0.1) is 17.1 Å². The van der Waals surface area contributed by atoms with Gasteiger partial charge in [0.25, 0.3) is 0 Å². The third-order valence-electron chi connectivity index (χ3n) is 5.06. The molecule has 0 fully saturated rings. The fourth-order valence-electron chi connectivity index (χ4n) is 3.22. The predicted molar refractivity (Wildman–Crippen MR) is 123 cm³/mol. The summed E-state index contributed by atoms with van der Waals surface area (Å²) in [4.78, 5) is 25.3. The fourth-order valence-corrected chi connectivity index (χ4v) is 3.22. The first-order chi connectivity index (χ1) is 14.2. The molecular weight excluding hydrogens is 392 g/mol. The van der Waals surface area contributed by atoms with Crippen molar-refractivity contribution in [2.24, 2.45) is 0 Å². The minimum atomic E-state index is -1.10. The van der Waals surface area contributed by atoms with Gasteiger partial charge in [-0.15, -0.1) is 0 Å². The van der Waals surface area contributed by atoms with Gasteiger partial charge in [-0.25, -0.2) is 0 Å². The number of hydrogen-bond acceptors (Lipinski definition) is 5. The van der Waals surface area contributed by atoms with Gasteiger partial charge >= 0.3 is 5.97 Å². The molecular formula is C26H32O5. The molecule has 0 aliphatic rings. The predicted octanol–water partition coefficient (Wildman–Crippen LogP) is 5.52. The molecule has 166 valence electrons. The second kappa shape index (κ2) is 8.96. The number of carbonyl (C=O) groups excluding carboxylic acids is 2. The van der Waals surface area contributed by atoms with Crippen molar-refractivity contribution in [3.05, 3.63) is 64.7 Å². The highest BCUT2D eigenvalue weighted by Crippen LogP contribution is 2.41. The van der Waals surface area contributed by atoms with Crippen molar-refractivity contribution in [3.8, 4) is 11.5 Å². The molecule has 2 N–H and O–H groups in total. The number of ketones is 1. The van der Waals surface area contributed by atoms with E-state index in [2.05, 4.69) is 0 Å². The van der Waals surface area contributed by atoms with Gasteiger partial charge in [-0.1, -0.05) is 39.0 Å². The van der Waals surface area contributed by atoms with Crippen molar-refractivity contribution in [1.29, 1.82) is 0 Å². The van der Waals surface area contributed by atoms with Crippen LogP contribution in [-0.2, 0) is 20.4 Å². The van der Waals surface area contributed by atoms with E-state index in [4.69, 9.17) is 4.74 Å². The molecule has 0 aliphatic carbocycles. The zero-order valence-corrected chi connectivity index (χ0v) is 19.3. The lowest BCUT2D eigenvalue weighted by Crippen LogP contribution is -2.33. The number of carbonyl (C=O) groups is 2. The summed E-state index contributed by atoms with van der Waals surface area (Å²) in [5, 5.41) is 20.9. The second-order valence-electron chi connectivity index (χ2n) is 9.51.